The van der Waals surface area contributed by atoms with Gasteiger partial charge in [0.05, 0.1) is 6.21 Å². The maximum Gasteiger partial charge on any atom is 0.473 e. The molecule has 16 heavy (non-hydrogen) atoms. The summed E-state index contributed by atoms with van der Waals surface area (Å²) in [6, 6.07) is 5.67. The van der Waals surface area contributed by atoms with Crippen molar-refractivity contribution in [1.82, 2.24) is 5.43 Å². The van der Waals surface area contributed by atoms with E-state index in [0.717, 1.165) is 6.21 Å². The number of carbonyl (C=O) groups excluding carboxylic acids is 1. The summed E-state index contributed by atoms with van der Waals surface area (Å²) < 4.78 is 35.1. The quantitative estimate of drug-likeness (QED) is 0.598. The summed E-state index contributed by atoms with van der Waals surface area (Å²) in [6.07, 6.45) is -3.97. The highest BCUT2D eigenvalue weighted by Crippen LogP contribution is 2.14. The van der Waals surface area contributed by atoms with E-state index in [4.69, 9.17) is 5.11 Å². The predicted octanol–water partition coefficient (Wildman–Crippen LogP) is 1.40. The molecule has 0 bridgehead atoms. The lowest BCUT2D eigenvalue weighted by Gasteiger charge is -2.02. The Morgan fingerprint density at radius 2 is 2.12 bits per heavy atom. The van der Waals surface area contributed by atoms with Crippen molar-refractivity contribution in [2.75, 3.05) is 0 Å². The fourth-order valence-corrected chi connectivity index (χ4v) is 0.834. The Bertz CT molecular complexity index is 415. The van der Waals surface area contributed by atoms with Gasteiger partial charge in [-0.05, 0) is 17.7 Å². The van der Waals surface area contributed by atoms with E-state index < -0.39 is 12.1 Å². The topological polar surface area (TPSA) is 61.7 Å². The number of hydrogen-bond acceptors (Lipinski definition) is 3. The van der Waals surface area contributed by atoms with E-state index in [0.29, 0.717) is 5.56 Å². The molecule has 1 aromatic rings. The molecule has 0 radical (unpaired) electrons. The number of carbonyl (C=O) groups is 1. The Morgan fingerprint density at radius 1 is 1.44 bits per heavy atom. The molecule has 0 atom stereocenters. The molecular weight excluding hydrogens is 225 g/mol. The van der Waals surface area contributed by atoms with Crippen LogP contribution in [0.5, 0.6) is 5.75 Å². The Balaban J connectivity index is 2.59. The molecule has 0 saturated carbocycles. The minimum absolute atomic E-state index is 0.0499. The molecule has 4 nitrogen and oxygen atoms in total. The highest BCUT2D eigenvalue weighted by atomic mass is 19.4. The van der Waals surface area contributed by atoms with Crippen LogP contribution >= 0.6 is 0 Å². The van der Waals surface area contributed by atoms with Crippen LogP contribution in [-0.4, -0.2) is 23.4 Å². The number of halogens is 3. The van der Waals surface area contributed by atoms with E-state index in [2.05, 4.69) is 5.10 Å². The summed E-state index contributed by atoms with van der Waals surface area (Å²) in [6.45, 7) is 0. The average molecular weight is 232 g/mol. The molecule has 1 amide bonds. The van der Waals surface area contributed by atoms with Gasteiger partial charge in [0.25, 0.3) is 0 Å². The highest BCUT2D eigenvalue weighted by molar-refractivity contribution is 5.85. The van der Waals surface area contributed by atoms with Crippen LogP contribution in [0.25, 0.3) is 0 Å². The van der Waals surface area contributed by atoms with Crippen molar-refractivity contribution in [1.29, 1.82) is 0 Å². The maximum absolute atomic E-state index is 11.7. The minimum atomic E-state index is -4.96. The molecule has 0 saturated heterocycles. The van der Waals surface area contributed by atoms with Gasteiger partial charge < -0.3 is 5.11 Å². The first kappa shape index (κ1) is 12.0. The molecule has 0 unspecified atom stereocenters. The molecule has 0 fully saturated rings. The van der Waals surface area contributed by atoms with Crippen LogP contribution in [-0.2, 0) is 4.79 Å². The number of nitrogens with one attached hydrogen (secondary N) is 1. The van der Waals surface area contributed by atoms with Crippen LogP contribution < -0.4 is 5.43 Å². The Morgan fingerprint density at radius 3 is 2.69 bits per heavy atom. The van der Waals surface area contributed by atoms with E-state index in [1.807, 2.05) is 0 Å². The third-order valence-corrected chi connectivity index (χ3v) is 1.51. The molecule has 1 rings (SSSR count). The van der Waals surface area contributed by atoms with Crippen LogP contribution in [0.1, 0.15) is 5.56 Å². The number of hydrazone groups is 1. The molecule has 0 spiro atoms. The molecule has 0 heterocycles. The van der Waals surface area contributed by atoms with Gasteiger partial charge in [-0.2, -0.15) is 18.3 Å². The van der Waals surface area contributed by atoms with Gasteiger partial charge in [0.2, 0.25) is 0 Å². The number of nitrogens with zero attached hydrogens (tertiary/aromatic N) is 1. The van der Waals surface area contributed by atoms with Gasteiger partial charge in [-0.15, -0.1) is 0 Å². The van der Waals surface area contributed by atoms with Gasteiger partial charge in [-0.25, -0.2) is 5.43 Å². The molecular formula is C9H7F3N2O2. The summed E-state index contributed by atoms with van der Waals surface area (Å²) in [5, 5.41) is 12.1. The molecule has 86 valence electrons. The summed E-state index contributed by atoms with van der Waals surface area (Å²) in [5.74, 6) is -2.20. The zero-order valence-electron chi connectivity index (χ0n) is 7.82. The number of hydrogen-bond donors (Lipinski definition) is 2. The van der Waals surface area contributed by atoms with Gasteiger partial charge in [0.1, 0.15) is 5.75 Å². The largest absolute Gasteiger partial charge is 0.508 e. The molecule has 2 N–H and O–H groups in total. The van der Waals surface area contributed by atoms with Crippen molar-refractivity contribution in [3.05, 3.63) is 29.8 Å². The zero-order valence-corrected chi connectivity index (χ0v) is 7.82. The first-order valence-corrected chi connectivity index (χ1v) is 4.09. The number of rotatable bonds is 2. The predicted molar refractivity (Wildman–Crippen MR) is 49.9 cm³/mol. The summed E-state index contributed by atoms with van der Waals surface area (Å²) in [7, 11) is 0. The Kier molecular flexibility index (Phi) is 3.49. The van der Waals surface area contributed by atoms with Crippen molar-refractivity contribution in [3.63, 3.8) is 0 Å². The molecule has 0 aliphatic heterocycles. The fourth-order valence-electron chi connectivity index (χ4n) is 0.834. The second-order valence-corrected chi connectivity index (χ2v) is 2.79. The molecule has 0 aliphatic rings. The smallest absolute Gasteiger partial charge is 0.473 e. The van der Waals surface area contributed by atoms with Crippen LogP contribution in [0.3, 0.4) is 0 Å². The first-order chi connectivity index (χ1) is 7.39. The lowest BCUT2D eigenvalue weighted by Crippen LogP contribution is -2.33. The van der Waals surface area contributed by atoms with Gasteiger partial charge >= 0.3 is 12.1 Å². The normalized spacial score (nSPS) is 11.7. The number of phenolic OH excluding ortho intramolecular Hbond substituents is 1. The van der Waals surface area contributed by atoms with E-state index >= 15 is 0 Å². The SMILES string of the molecule is O=C(N/N=C/c1cccc(O)c1)C(F)(F)F. The second kappa shape index (κ2) is 4.65. The fraction of sp³-hybridized carbons (Fsp3) is 0.111. The number of amides is 1. The van der Waals surface area contributed by atoms with Crippen molar-refractivity contribution >= 4 is 12.1 Å². The van der Waals surface area contributed by atoms with Gasteiger partial charge in [0.15, 0.2) is 0 Å². The average Bonchev–Trinajstić information content (AvgIpc) is 2.16. The van der Waals surface area contributed by atoms with Crippen LogP contribution in [0.2, 0.25) is 0 Å². The highest BCUT2D eigenvalue weighted by Gasteiger charge is 2.38. The van der Waals surface area contributed by atoms with Gasteiger partial charge in [0, 0.05) is 0 Å². The monoisotopic (exact) mass is 232 g/mol. The van der Waals surface area contributed by atoms with Gasteiger partial charge in [-0.3, -0.25) is 4.79 Å². The maximum atomic E-state index is 11.7. The first-order valence-electron chi connectivity index (χ1n) is 4.09. The molecule has 1 aromatic carbocycles. The lowest BCUT2D eigenvalue weighted by atomic mass is 10.2. The minimum Gasteiger partial charge on any atom is -0.508 e. The number of aromatic hydroxyl groups is 1. The lowest BCUT2D eigenvalue weighted by molar-refractivity contribution is -0.173. The zero-order chi connectivity index (χ0) is 12.2. The third kappa shape index (κ3) is 3.60. The molecule has 7 heteroatoms. The number of alkyl halides is 3. The van der Waals surface area contributed by atoms with E-state index in [1.54, 1.807) is 0 Å². The number of phenols is 1. The standard InChI is InChI=1S/C9H7F3N2O2/c10-9(11,12)8(16)14-13-5-6-2-1-3-7(15)4-6/h1-5,15H,(H,14,16)/b13-5+. The molecule has 0 aromatic heterocycles. The van der Waals surface area contributed by atoms with Crippen LogP contribution in [0.15, 0.2) is 29.4 Å². The summed E-state index contributed by atoms with van der Waals surface area (Å²) >= 11 is 0. The van der Waals surface area contributed by atoms with Crippen molar-refractivity contribution in [2.24, 2.45) is 5.10 Å². The van der Waals surface area contributed by atoms with Crippen molar-refractivity contribution in [3.8, 4) is 5.75 Å². The van der Waals surface area contributed by atoms with E-state index in [9.17, 15) is 18.0 Å². The number of benzene rings is 1. The van der Waals surface area contributed by atoms with Gasteiger partial charge in [-0.1, -0.05) is 12.1 Å². The second-order valence-electron chi connectivity index (χ2n) is 2.79. The van der Waals surface area contributed by atoms with E-state index in [-0.39, 0.29) is 5.75 Å². The summed E-state index contributed by atoms with van der Waals surface area (Å²) in [5.41, 5.74) is 1.68. The van der Waals surface area contributed by atoms with Crippen LogP contribution in [0.4, 0.5) is 13.2 Å². The summed E-state index contributed by atoms with van der Waals surface area (Å²) in [4.78, 5) is 10.3. The molecule has 0 aliphatic carbocycles. The van der Waals surface area contributed by atoms with Crippen molar-refractivity contribution < 1.29 is 23.1 Å². The Labute approximate surface area is 88.4 Å². The van der Waals surface area contributed by atoms with Crippen LogP contribution in [0, 0.1) is 0 Å². The van der Waals surface area contributed by atoms with E-state index in [1.165, 1.54) is 29.7 Å². The van der Waals surface area contributed by atoms with Crippen molar-refractivity contribution in [2.45, 2.75) is 6.18 Å². The third-order valence-electron chi connectivity index (χ3n) is 1.51. The Hall–Kier alpha value is -2.05.